The lowest BCUT2D eigenvalue weighted by atomic mass is 10.1. The van der Waals surface area contributed by atoms with Crippen LogP contribution in [0.4, 0.5) is 5.69 Å². The van der Waals surface area contributed by atoms with Crippen LogP contribution in [0.25, 0.3) is 0 Å². The summed E-state index contributed by atoms with van der Waals surface area (Å²) in [6.45, 7) is 2.48. The third-order valence-corrected chi connectivity index (χ3v) is 2.30. The summed E-state index contributed by atoms with van der Waals surface area (Å²) in [5.41, 5.74) is 2.69. The Kier molecular flexibility index (Phi) is 2.58. The Morgan fingerprint density at radius 3 is 3.07 bits per heavy atom. The molecule has 0 atom stereocenters. The molecule has 4 nitrogen and oxygen atoms in total. The van der Waals surface area contributed by atoms with Gasteiger partial charge >= 0.3 is 0 Å². The maximum atomic E-state index is 9.76. The first-order chi connectivity index (χ1) is 7.27. The van der Waals surface area contributed by atoms with Crippen LogP contribution in [0.5, 0.6) is 5.75 Å². The number of hydrogen-bond donors (Lipinski definition) is 3. The van der Waals surface area contributed by atoms with Gasteiger partial charge in [0.15, 0.2) is 0 Å². The molecule has 3 N–H and O–H groups in total. The molecule has 2 aromatic rings. The molecule has 0 saturated heterocycles. The van der Waals surface area contributed by atoms with Crippen LogP contribution in [-0.4, -0.2) is 15.3 Å². The topological polar surface area (TPSA) is 60.9 Å². The zero-order valence-electron chi connectivity index (χ0n) is 8.49. The number of H-pyrrole nitrogens is 1. The van der Waals surface area contributed by atoms with Gasteiger partial charge in [-0.05, 0) is 12.5 Å². The van der Waals surface area contributed by atoms with Gasteiger partial charge in [0, 0.05) is 18.3 Å². The number of aromatic amines is 1. The Labute approximate surface area is 88.0 Å². The van der Waals surface area contributed by atoms with Crippen molar-refractivity contribution < 1.29 is 5.11 Å². The van der Waals surface area contributed by atoms with E-state index in [1.54, 1.807) is 12.4 Å². The zero-order chi connectivity index (χ0) is 10.7. The summed E-state index contributed by atoms with van der Waals surface area (Å²) in [5, 5.41) is 19.5. The van der Waals surface area contributed by atoms with Crippen molar-refractivity contribution in [3.63, 3.8) is 0 Å². The summed E-state index contributed by atoms with van der Waals surface area (Å²) in [6.07, 6.45) is 3.47. The summed E-state index contributed by atoms with van der Waals surface area (Å²) in [5.74, 6) is 0.355. The number of aryl methyl sites for hydroxylation is 1. The quantitative estimate of drug-likeness (QED) is 0.715. The molecule has 0 amide bonds. The molecule has 15 heavy (non-hydrogen) atoms. The summed E-state index contributed by atoms with van der Waals surface area (Å²) in [4.78, 5) is 0. The number of aromatic nitrogens is 2. The largest absolute Gasteiger partial charge is 0.507 e. The number of nitrogens with zero attached hydrogens (tertiary/aromatic N) is 1. The number of phenolic OH excluding ortho intramolecular Hbond substituents is 1. The lowest BCUT2D eigenvalue weighted by Gasteiger charge is -2.07. The van der Waals surface area contributed by atoms with Crippen LogP contribution >= 0.6 is 0 Å². The van der Waals surface area contributed by atoms with Crippen molar-refractivity contribution in [1.82, 2.24) is 10.2 Å². The van der Waals surface area contributed by atoms with Gasteiger partial charge in [0.05, 0.1) is 11.9 Å². The molecule has 1 aromatic heterocycles. The molecule has 0 aliphatic carbocycles. The van der Waals surface area contributed by atoms with Gasteiger partial charge in [0.25, 0.3) is 0 Å². The average molecular weight is 203 g/mol. The van der Waals surface area contributed by atoms with Crippen molar-refractivity contribution in [1.29, 1.82) is 0 Å². The van der Waals surface area contributed by atoms with E-state index in [0.29, 0.717) is 12.3 Å². The SMILES string of the molecule is Cc1cccc(CNc2cn[nH]c2)c1O. The fraction of sp³-hybridized carbons (Fsp3) is 0.182. The van der Waals surface area contributed by atoms with E-state index in [1.807, 2.05) is 25.1 Å². The minimum Gasteiger partial charge on any atom is -0.507 e. The van der Waals surface area contributed by atoms with E-state index in [0.717, 1.165) is 16.8 Å². The van der Waals surface area contributed by atoms with Gasteiger partial charge in [-0.3, -0.25) is 5.10 Å². The third kappa shape index (κ3) is 2.10. The highest BCUT2D eigenvalue weighted by molar-refractivity contribution is 5.44. The number of aromatic hydroxyl groups is 1. The van der Waals surface area contributed by atoms with Crippen LogP contribution in [0.2, 0.25) is 0 Å². The van der Waals surface area contributed by atoms with Gasteiger partial charge in [-0.15, -0.1) is 0 Å². The van der Waals surface area contributed by atoms with Crippen molar-refractivity contribution in [2.75, 3.05) is 5.32 Å². The van der Waals surface area contributed by atoms with Crippen LogP contribution in [-0.2, 0) is 6.54 Å². The van der Waals surface area contributed by atoms with Crippen molar-refractivity contribution in [2.45, 2.75) is 13.5 Å². The summed E-state index contributed by atoms with van der Waals surface area (Å²) in [7, 11) is 0. The van der Waals surface area contributed by atoms with Crippen molar-refractivity contribution >= 4 is 5.69 Å². The lowest BCUT2D eigenvalue weighted by molar-refractivity contribution is 0.465. The number of para-hydroxylation sites is 1. The second kappa shape index (κ2) is 4.04. The Hall–Kier alpha value is -1.97. The number of benzene rings is 1. The fourth-order valence-corrected chi connectivity index (χ4v) is 1.41. The van der Waals surface area contributed by atoms with E-state index in [-0.39, 0.29) is 0 Å². The zero-order valence-corrected chi connectivity index (χ0v) is 8.49. The van der Waals surface area contributed by atoms with E-state index < -0.39 is 0 Å². The molecule has 0 fully saturated rings. The van der Waals surface area contributed by atoms with Gasteiger partial charge in [-0.25, -0.2) is 0 Å². The van der Waals surface area contributed by atoms with E-state index in [1.165, 1.54) is 0 Å². The van der Waals surface area contributed by atoms with Gasteiger partial charge in [0.2, 0.25) is 0 Å². The van der Waals surface area contributed by atoms with Crippen LogP contribution in [0.1, 0.15) is 11.1 Å². The van der Waals surface area contributed by atoms with Crippen molar-refractivity contribution in [2.24, 2.45) is 0 Å². The van der Waals surface area contributed by atoms with Crippen LogP contribution in [0.15, 0.2) is 30.6 Å². The Morgan fingerprint density at radius 1 is 1.47 bits per heavy atom. The van der Waals surface area contributed by atoms with E-state index in [9.17, 15) is 5.11 Å². The predicted molar refractivity (Wildman–Crippen MR) is 58.8 cm³/mol. The fourth-order valence-electron chi connectivity index (χ4n) is 1.41. The number of rotatable bonds is 3. The molecule has 0 saturated carbocycles. The molecule has 4 heteroatoms. The minimum absolute atomic E-state index is 0.355. The highest BCUT2D eigenvalue weighted by Gasteiger charge is 2.03. The number of nitrogens with one attached hydrogen (secondary N) is 2. The van der Waals surface area contributed by atoms with E-state index in [2.05, 4.69) is 15.5 Å². The normalized spacial score (nSPS) is 10.2. The van der Waals surface area contributed by atoms with Crippen LogP contribution in [0, 0.1) is 6.92 Å². The van der Waals surface area contributed by atoms with Gasteiger partial charge in [-0.2, -0.15) is 5.10 Å². The molecular weight excluding hydrogens is 190 g/mol. The molecule has 2 rings (SSSR count). The maximum absolute atomic E-state index is 9.76. The molecule has 0 unspecified atom stereocenters. The van der Waals surface area contributed by atoms with E-state index >= 15 is 0 Å². The lowest BCUT2D eigenvalue weighted by Crippen LogP contribution is -1.99. The van der Waals surface area contributed by atoms with Gasteiger partial charge in [-0.1, -0.05) is 18.2 Å². The van der Waals surface area contributed by atoms with Crippen molar-refractivity contribution in [3.8, 4) is 5.75 Å². The monoisotopic (exact) mass is 203 g/mol. The highest BCUT2D eigenvalue weighted by Crippen LogP contribution is 2.22. The molecule has 0 spiro atoms. The minimum atomic E-state index is 0.355. The Balaban J connectivity index is 2.08. The number of phenols is 1. The molecule has 1 heterocycles. The second-order valence-corrected chi connectivity index (χ2v) is 3.42. The third-order valence-electron chi connectivity index (χ3n) is 2.30. The molecular formula is C11H13N3O. The molecule has 78 valence electrons. The molecule has 0 bridgehead atoms. The molecule has 0 aliphatic rings. The smallest absolute Gasteiger partial charge is 0.123 e. The summed E-state index contributed by atoms with van der Waals surface area (Å²) >= 11 is 0. The van der Waals surface area contributed by atoms with Crippen LogP contribution < -0.4 is 5.32 Å². The first kappa shape index (κ1) is 9.58. The van der Waals surface area contributed by atoms with Gasteiger partial charge in [0.1, 0.15) is 5.75 Å². The maximum Gasteiger partial charge on any atom is 0.123 e. The summed E-state index contributed by atoms with van der Waals surface area (Å²) < 4.78 is 0. The van der Waals surface area contributed by atoms with Crippen molar-refractivity contribution in [3.05, 3.63) is 41.7 Å². The standard InChI is InChI=1S/C11H13N3O/c1-8-3-2-4-9(11(8)15)5-12-10-6-13-14-7-10/h2-4,6-7,12,15H,5H2,1H3,(H,13,14). The highest BCUT2D eigenvalue weighted by atomic mass is 16.3. The van der Waals surface area contributed by atoms with Gasteiger partial charge < -0.3 is 10.4 Å². The first-order valence-electron chi connectivity index (χ1n) is 4.77. The number of hydrogen-bond acceptors (Lipinski definition) is 3. The predicted octanol–water partition coefficient (Wildman–Crippen LogP) is 2.04. The summed E-state index contributed by atoms with van der Waals surface area (Å²) in [6, 6.07) is 5.72. The molecule has 0 aliphatic heterocycles. The number of anilines is 1. The van der Waals surface area contributed by atoms with E-state index in [4.69, 9.17) is 0 Å². The Bertz CT molecular complexity index is 437. The second-order valence-electron chi connectivity index (χ2n) is 3.42. The van der Waals surface area contributed by atoms with Crippen LogP contribution in [0.3, 0.4) is 0 Å². The Morgan fingerprint density at radius 2 is 2.33 bits per heavy atom. The average Bonchev–Trinajstić information content (AvgIpc) is 2.73. The molecule has 1 aromatic carbocycles. The first-order valence-corrected chi connectivity index (χ1v) is 4.77. The molecule has 0 radical (unpaired) electrons.